The molecule has 1 rings (SSSR count). The molecule has 0 bridgehead atoms. The van der Waals surface area contributed by atoms with Crippen molar-refractivity contribution in [3.8, 4) is 0 Å². The molecule has 0 heterocycles. The molecule has 116 valence electrons. The van der Waals surface area contributed by atoms with Crippen LogP contribution in [0.25, 0.3) is 0 Å². The van der Waals surface area contributed by atoms with Crippen LogP contribution in [-0.4, -0.2) is 26.5 Å². The molecule has 1 aromatic carbocycles. The van der Waals surface area contributed by atoms with Gasteiger partial charge in [0, 0.05) is 22.8 Å². The summed E-state index contributed by atoms with van der Waals surface area (Å²) in [5, 5.41) is 13.9. The van der Waals surface area contributed by atoms with E-state index in [0.717, 1.165) is 17.0 Å². The molecule has 1 N–H and O–H groups in total. The number of nitrogens with one attached hydrogen (secondary N) is 1. The number of sulfonamides is 1. The molecule has 0 atom stereocenters. The first-order valence-corrected chi connectivity index (χ1v) is 10.6. The highest BCUT2D eigenvalue weighted by molar-refractivity contribution is 14.1. The van der Waals surface area contributed by atoms with Crippen molar-refractivity contribution in [2.45, 2.75) is 12.8 Å². The van der Waals surface area contributed by atoms with Crippen LogP contribution in [0.2, 0.25) is 0 Å². The van der Waals surface area contributed by atoms with Crippen LogP contribution in [-0.2, 0) is 14.8 Å². The number of carbonyl (C=O) groups excluding carboxylic acids is 1. The van der Waals surface area contributed by atoms with Gasteiger partial charge < -0.3 is 10.4 Å². The highest BCUT2D eigenvalue weighted by Gasteiger charge is 2.08. The van der Waals surface area contributed by atoms with Crippen LogP contribution in [0.15, 0.2) is 16.5 Å². The molecule has 0 radical (unpaired) electrons. The fourth-order valence-electron chi connectivity index (χ4n) is 1.30. The highest BCUT2D eigenvalue weighted by atomic mass is 127. The van der Waals surface area contributed by atoms with E-state index in [9.17, 15) is 18.3 Å². The number of amides is 1. The van der Waals surface area contributed by atoms with Crippen molar-refractivity contribution in [3.63, 3.8) is 0 Å². The summed E-state index contributed by atoms with van der Waals surface area (Å²) in [7, 11) is -3.71. The quantitative estimate of drug-likeness (QED) is 0.229. The fourth-order valence-corrected chi connectivity index (χ4v) is 3.84. The van der Waals surface area contributed by atoms with Crippen LogP contribution in [0, 0.1) is 10.7 Å². The van der Waals surface area contributed by atoms with Crippen LogP contribution in [0.1, 0.15) is 12.8 Å². The largest absolute Gasteiger partial charge is 0.861 e. The van der Waals surface area contributed by atoms with E-state index in [4.69, 9.17) is 0 Å². The molecule has 0 aromatic heterocycles. The van der Waals surface area contributed by atoms with E-state index >= 15 is 0 Å². The van der Waals surface area contributed by atoms with Crippen molar-refractivity contribution in [2.24, 2.45) is 4.40 Å². The summed E-state index contributed by atoms with van der Waals surface area (Å²) in [6, 6.07) is 3.65. The number of anilines is 1. The van der Waals surface area contributed by atoms with Gasteiger partial charge in [-0.1, -0.05) is 0 Å². The van der Waals surface area contributed by atoms with E-state index in [-0.39, 0.29) is 18.7 Å². The summed E-state index contributed by atoms with van der Waals surface area (Å²) in [4.78, 5) is 11.7. The van der Waals surface area contributed by atoms with Crippen LogP contribution >= 0.6 is 67.8 Å². The minimum atomic E-state index is -3.71. The number of carbonyl (C=O) groups is 1. The van der Waals surface area contributed by atoms with Crippen molar-refractivity contribution in [1.82, 2.24) is 0 Å². The molecule has 0 saturated carbocycles. The van der Waals surface area contributed by atoms with Gasteiger partial charge in [-0.3, -0.25) is 4.79 Å². The number of hydrogen-bond donors (Lipinski definition) is 1. The number of rotatable bonds is 5. The SMILES string of the molecule is CS(=O)(=O)/N=C(/[O-])CCC(=O)Nc1cc(I)c(I)c(I)c1. The second-order valence-corrected chi connectivity index (χ2v) is 9.07. The van der Waals surface area contributed by atoms with Crippen LogP contribution in [0.5, 0.6) is 0 Å². The molecule has 0 unspecified atom stereocenters. The third kappa shape index (κ3) is 7.40. The van der Waals surface area contributed by atoms with Crippen molar-refractivity contribution >= 4 is 95.3 Å². The van der Waals surface area contributed by atoms with Crippen molar-refractivity contribution in [3.05, 3.63) is 22.8 Å². The van der Waals surface area contributed by atoms with Gasteiger partial charge in [-0.05, 0) is 92.2 Å². The Labute approximate surface area is 163 Å². The number of hydrogen-bond acceptors (Lipinski definition) is 4. The molecule has 0 aliphatic heterocycles. The molecule has 6 nitrogen and oxygen atoms in total. The molecule has 21 heavy (non-hydrogen) atoms. The highest BCUT2D eigenvalue weighted by Crippen LogP contribution is 2.25. The normalized spacial score (nSPS) is 12.3. The average Bonchev–Trinajstić information content (AvgIpc) is 2.31. The molecular formula is C11H10I3N2O4S-. The van der Waals surface area contributed by atoms with Crippen molar-refractivity contribution < 1.29 is 18.3 Å². The fraction of sp³-hybridized carbons (Fsp3) is 0.273. The van der Waals surface area contributed by atoms with Gasteiger partial charge >= 0.3 is 0 Å². The first-order valence-electron chi connectivity index (χ1n) is 5.48. The Morgan fingerprint density at radius 2 is 1.76 bits per heavy atom. The second kappa shape index (κ2) is 8.24. The lowest BCUT2D eigenvalue weighted by atomic mass is 10.2. The summed E-state index contributed by atoms with van der Waals surface area (Å²) in [5.41, 5.74) is 0.640. The average molecular weight is 647 g/mol. The van der Waals surface area contributed by atoms with Crippen molar-refractivity contribution in [2.75, 3.05) is 11.6 Å². The van der Waals surface area contributed by atoms with Crippen molar-refractivity contribution in [1.29, 1.82) is 0 Å². The molecule has 10 heteroatoms. The smallest absolute Gasteiger partial charge is 0.249 e. The number of nitrogens with zero attached hydrogens (tertiary/aromatic N) is 1. The minimum absolute atomic E-state index is 0.114. The standard InChI is InChI=1S/C11H11I3N2O4S/c1-21(19,20)16-10(18)3-2-9(17)15-6-4-7(12)11(14)8(13)5-6/h4-5H,2-3H2,1H3,(H,15,17)(H,16,18)/p-1. The van der Waals surface area contributed by atoms with E-state index in [2.05, 4.69) is 77.5 Å². The summed E-state index contributed by atoms with van der Waals surface area (Å²) < 4.78 is 27.7. The Morgan fingerprint density at radius 1 is 1.24 bits per heavy atom. The molecular weight excluding hydrogens is 637 g/mol. The van der Waals surface area contributed by atoms with Gasteiger partial charge in [0.05, 0.1) is 6.26 Å². The zero-order valence-corrected chi connectivity index (χ0v) is 18.0. The van der Waals surface area contributed by atoms with Gasteiger partial charge in [0.25, 0.3) is 0 Å². The third-order valence-corrected chi connectivity index (χ3v) is 7.56. The van der Waals surface area contributed by atoms with Gasteiger partial charge in [0.15, 0.2) is 0 Å². The molecule has 1 aromatic rings. The van der Waals surface area contributed by atoms with Gasteiger partial charge in [-0.25, -0.2) is 8.42 Å². The van der Waals surface area contributed by atoms with Gasteiger partial charge in [-0.15, -0.1) is 0 Å². The number of benzene rings is 1. The Hall–Kier alpha value is 0.300. The Bertz CT molecular complexity index is 666. The van der Waals surface area contributed by atoms with E-state index in [1.54, 1.807) is 0 Å². The zero-order chi connectivity index (χ0) is 16.2. The van der Waals surface area contributed by atoms with Crippen LogP contribution in [0.3, 0.4) is 0 Å². The molecule has 0 fully saturated rings. The van der Waals surface area contributed by atoms with E-state index in [1.165, 1.54) is 0 Å². The summed E-state index contributed by atoms with van der Waals surface area (Å²) in [6.07, 6.45) is 0.481. The number of halogens is 3. The summed E-state index contributed by atoms with van der Waals surface area (Å²) in [6.45, 7) is 0. The Morgan fingerprint density at radius 3 is 2.24 bits per heavy atom. The summed E-state index contributed by atoms with van der Waals surface area (Å²) >= 11 is 6.55. The van der Waals surface area contributed by atoms with E-state index in [0.29, 0.717) is 5.69 Å². The topological polar surface area (TPSA) is 98.7 Å². The first kappa shape index (κ1) is 19.3. The minimum Gasteiger partial charge on any atom is -0.861 e. The molecule has 0 aliphatic carbocycles. The monoisotopic (exact) mass is 647 g/mol. The lowest BCUT2D eigenvalue weighted by Crippen LogP contribution is -2.22. The molecule has 0 aliphatic rings. The maximum Gasteiger partial charge on any atom is 0.249 e. The molecule has 1 amide bonds. The lowest BCUT2D eigenvalue weighted by Gasteiger charge is -2.11. The first-order chi connectivity index (χ1) is 9.58. The van der Waals surface area contributed by atoms with E-state index < -0.39 is 15.9 Å². The predicted octanol–water partition coefficient (Wildman–Crippen LogP) is 1.94. The van der Waals surface area contributed by atoms with Crippen LogP contribution in [0.4, 0.5) is 5.69 Å². The maximum absolute atomic E-state index is 11.7. The third-order valence-electron chi connectivity index (χ3n) is 2.10. The summed E-state index contributed by atoms with van der Waals surface area (Å²) in [5.74, 6) is -1.18. The van der Waals surface area contributed by atoms with Crippen LogP contribution < -0.4 is 10.4 Å². The molecule has 0 spiro atoms. The second-order valence-electron chi connectivity index (χ2n) is 4.02. The van der Waals surface area contributed by atoms with Gasteiger partial charge in [0.2, 0.25) is 15.9 Å². The Kier molecular flexibility index (Phi) is 7.59. The maximum atomic E-state index is 11.7. The predicted molar refractivity (Wildman–Crippen MR) is 105 cm³/mol. The Balaban J connectivity index is 2.65. The zero-order valence-electron chi connectivity index (χ0n) is 10.7. The molecule has 0 saturated heterocycles. The van der Waals surface area contributed by atoms with Gasteiger partial charge in [-0.2, -0.15) is 4.40 Å². The lowest BCUT2D eigenvalue weighted by molar-refractivity contribution is -0.218. The van der Waals surface area contributed by atoms with Gasteiger partial charge in [0.1, 0.15) is 0 Å². The van der Waals surface area contributed by atoms with E-state index in [1.807, 2.05) is 12.1 Å².